The van der Waals surface area contributed by atoms with E-state index >= 15 is 0 Å². The maximum atomic E-state index is 11.9. The Morgan fingerprint density at radius 2 is 2.26 bits per heavy atom. The van der Waals surface area contributed by atoms with Gasteiger partial charge in [0.2, 0.25) is 0 Å². The predicted octanol–water partition coefficient (Wildman–Crippen LogP) is 1.28. The maximum absolute atomic E-state index is 11.9. The van der Waals surface area contributed by atoms with E-state index in [4.69, 9.17) is 9.47 Å². The summed E-state index contributed by atoms with van der Waals surface area (Å²) >= 11 is 3.18. The summed E-state index contributed by atoms with van der Waals surface area (Å²) in [6.07, 6.45) is 0.507. The van der Waals surface area contributed by atoms with Gasteiger partial charge in [-0.2, -0.15) is 0 Å². The molecule has 19 heavy (non-hydrogen) atoms. The number of methoxy groups -OCH3 is 1. The van der Waals surface area contributed by atoms with Gasteiger partial charge in [0.05, 0.1) is 13.2 Å². The molecule has 0 amide bonds. The highest BCUT2D eigenvalue weighted by atomic mass is 79.9. The number of aldehydes is 1. The quantitative estimate of drug-likeness (QED) is 0.340. The van der Waals surface area contributed by atoms with Gasteiger partial charge in [0.15, 0.2) is 16.7 Å². The molecule has 0 radical (unpaired) electrons. The molecule has 0 aromatic carbocycles. The molecular formula is C12H13BrN2O4. The van der Waals surface area contributed by atoms with Crippen LogP contribution in [0, 0.1) is 11.8 Å². The predicted molar refractivity (Wildman–Crippen MR) is 70.9 cm³/mol. The summed E-state index contributed by atoms with van der Waals surface area (Å²) in [7, 11) is 1.50. The zero-order valence-corrected chi connectivity index (χ0v) is 12.2. The van der Waals surface area contributed by atoms with Crippen LogP contribution in [-0.4, -0.2) is 42.1 Å². The smallest absolute Gasteiger partial charge is 0.357 e. The van der Waals surface area contributed by atoms with Crippen molar-refractivity contribution in [2.24, 2.45) is 0 Å². The Labute approximate surface area is 119 Å². The minimum absolute atomic E-state index is 0.0206. The third kappa shape index (κ3) is 3.91. The lowest BCUT2D eigenvalue weighted by Crippen LogP contribution is -2.16. The van der Waals surface area contributed by atoms with Gasteiger partial charge in [-0.15, -0.1) is 5.92 Å². The summed E-state index contributed by atoms with van der Waals surface area (Å²) in [4.78, 5) is 26.8. The fraction of sp³-hybridized carbons (Fsp3) is 0.417. The van der Waals surface area contributed by atoms with Gasteiger partial charge >= 0.3 is 5.97 Å². The molecule has 1 rings (SSSR count). The number of carbonyl (C=O) groups is 2. The van der Waals surface area contributed by atoms with Crippen molar-refractivity contribution < 1.29 is 19.1 Å². The van der Waals surface area contributed by atoms with Crippen molar-refractivity contribution in [1.29, 1.82) is 0 Å². The molecule has 0 N–H and O–H groups in total. The van der Waals surface area contributed by atoms with Gasteiger partial charge < -0.3 is 14.0 Å². The van der Waals surface area contributed by atoms with Crippen LogP contribution in [0.5, 0.6) is 0 Å². The van der Waals surface area contributed by atoms with Crippen molar-refractivity contribution in [3.05, 3.63) is 16.1 Å². The molecule has 1 aromatic heterocycles. The van der Waals surface area contributed by atoms with Crippen molar-refractivity contribution in [3.63, 3.8) is 0 Å². The summed E-state index contributed by atoms with van der Waals surface area (Å²) in [6, 6.07) is 0. The molecule has 0 fully saturated rings. The number of aromatic nitrogens is 2. The first-order chi connectivity index (χ1) is 9.15. The SMILES string of the molecule is CC#CCn1c(Br)nc(C=O)c1C(=O)OCCOC. The van der Waals surface area contributed by atoms with Crippen LogP contribution >= 0.6 is 15.9 Å². The van der Waals surface area contributed by atoms with Crippen LogP contribution in [0.25, 0.3) is 0 Å². The molecule has 0 bridgehead atoms. The topological polar surface area (TPSA) is 70.4 Å². The van der Waals surface area contributed by atoms with Gasteiger partial charge in [-0.1, -0.05) is 5.92 Å². The van der Waals surface area contributed by atoms with Crippen LogP contribution in [0.3, 0.4) is 0 Å². The molecular weight excluding hydrogens is 316 g/mol. The number of rotatable bonds is 6. The molecule has 1 heterocycles. The number of nitrogens with zero attached hydrogens (tertiary/aromatic N) is 2. The van der Waals surface area contributed by atoms with Crippen LogP contribution in [0.15, 0.2) is 4.73 Å². The van der Waals surface area contributed by atoms with Gasteiger partial charge in [-0.05, 0) is 22.9 Å². The molecule has 0 saturated heterocycles. The number of esters is 1. The van der Waals surface area contributed by atoms with E-state index in [2.05, 4.69) is 32.8 Å². The highest BCUT2D eigenvalue weighted by Gasteiger charge is 2.22. The Kier molecular flexibility index (Phi) is 6.25. The molecule has 0 aliphatic heterocycles. The molecule has 0 aliphatic rings. The van der Waals surface area contributed by atoms with Crippen LogP contribution in [0.1, 0.15) is 27.9 Å². The number of hydrogen-bond acceptors (Lipinski definition) is 5. The molecule has 0 atom stereocenters. The third-order valence-electron chi connectivity index (χ3n) is 2.19. The Hall–Kier alpha value is -1.65. The Morgan fingerprint density at radius 3 is 2.84 bits per heavy atom. The van der Waals surface area contributed by atoms with E-state index in [0.717, 1.165) is 0 Å². The molecule has 102 valence electrons. The zero-order chi connectivity index (χ0) is 14.3. The second kappa shape index (κ2) is 7.71. The van der Waals surface area contributed by atoms with Crippen LogP contribution in [0.2, 0.25) is 0 Å². The summed E-state index contributed by atoms with van der Waals surface area (Å²) < 4.78 is 11.6. The normalized spacial score (nSPS) is 9.63. The van der Waals surface area contributed by atoms with Crippen molar-refractivity contribution in [2.45, 2.75) is 13.5 Å². The van der Waals surface area contributed by atoms with Crippen LogP contribution in [-0.2, 0) is 16.0 Å². The highest BCUT2D eigenvalue weighted by molar-refractivity contribution is 9.10. The minimum atomic E-state index is -0.629. The summed E-state index contributed by atoms with van der Waals surface area (Å²) in [6.45, 7) is 2.32. The molecule has 0 unspecified atom stereocenters. The van der Waals surface area contributed by atoms with E-state index in [1.54, 1.807) is 6.92 Å². The fourth-order valence-corrected chi connectivity index (χ4v) is 1.82. The lowest BCUT2D eigenvalue weighted by molar-refractivity contribution is 0.0375. The molecule has 0 spiro atoms. The monoisotopic (exact) mass is 328 g/mol. The lowest BCUT2D eigenvalue weighted by atomic mass is 10.3. The molecule has 0 aliphatic carbocycles. The van der Waals surface area contributed by atoms with Crippen molar-refractivity contribution in [1.82, 2.24) is 9.55 Å². The van der Waals surface area contributed by atoms with Crippen molar-refractivity contribution >= 4 is 28.2 Å². The summed E-state index contributed by atoms with van der Waals surface area (Å²) in [5, 5.41) is 0. The van der Waals surface area contributed by atoms with E-state index in [9.17, 15) is 9.59 Å². The van der Waals surface area contributed by atoms with E-state index in [-0.39, 0.29) is 31.1 Å². The number of hydrogen-bond donors (Lipinski definition) is 0. The molecule has 1 aromatic rings. The number of imidazole rings is 1. The van der Waals surface area contributed by atoms with Crippen LogP contribution in [0.4, 0.5) is 0 Å². The summed E-state index contributed by atoms with van der Waals surface area (Å²) in [5.41, 5.74) is 0.105. The Morgan fingerprint density at radius 1 is 1.53 bits per heavy atom. The molecule has 6 nitrogen and oxygen atoms in total. The highest BCUT2D eigenvalue weighted by Crippen LogP contribution is 2.17. The van der Waals surface area contributed by atoms with Crippen molar-refractivity contribution in [2.75, 3.05) is 20.3 Å². The van der Waals surface area contributed by atoms with Crippen LogP contribution < -0.4 is 0 Å². The lowest BCUT2D eigenvalue weighted by Gasteiger charge is -2.07. The fourth-order valence-electron chi connectivity index (χ4n) is 1.33. The van der Waals surface area contributed by atoms with Gasteiger partial charge in [0, 0.05) is 7.11 Å². The number of halogens is 1. The average molecular weight is 329 g/mol. The second-order valence-electron chi connectivity index (χ2n) is 3.37. The number of ether oxygens (including phenoxy) is 2. The van der Waals surface area contributed by atoms with E-state index in [1.165, 1.54) is 11.7 Å². The first kappa shape index (κ1) is 15.4. The third-order valence-corrected chi connectivity index (χ3v) is 2.79. The van der Waals surface area contributed by atoms with Gasteiger partial charge in [-0.25, -0.2) is 9.78 Å². The van der Waals surface area contributed by atoms with Gasteiger partial charge in [0.25, 0.3) is 0 Å². The van der Waals surface area contributed by atoms with Gasteiger partial charge in [0.1, 0.15) is 12.3 Å². The first-order valence-electron chi connectivity index (χ1n) is 5.42. The zero-order valence-electron chi connectivity index (χ0n) is 10.6. The Bertz CT molecular complexity index is 528. The summed E-state index contributed by atoms with van der Waals surface area (Å²) in [5.74, 6) is 4.88. The minimum Gasteiger partial charge on any atom is -0.459 e. The van der Waals surface area contributed by atoms with Crippen molar-refractivity contribution in [3.8, 4) is 11.8 Å². The van der Waals surface area contributed by atoms with E-state index < -0.39 is 5.97 Å². The number of carbonyl (C=O) groups excluding carboxylic acids is 2. The van der Waals surface area contributed by atoms with E-state index in [1.807, 2.05) is 0 Å². The largest absolute Gasteiger partial charge is 0.459 e. The average Bonchev–Trinajstić information content (AvgIpc) is 2.72. The maximum Gasteiger partial charge on any atom is 0.357 e. The first-order valence-corrected chi connectivity index (χ1v) is 6.21. The molecule has 0 saturated carbocycles. The second-order valence-corrected chi connectivity index (χ2v) is 4.08. The Balaban J connectivity index is 3.03. The standard InChI is InChI=1S/C12H13BrN2O4/c1-3-4-5-15-10(9(8-16)14-12(15)13)11(17)19-7-6-18-2/h8H,5-7H2,1-2H3. The van der Waals surface area contributed by atoms with Gasteiger partial charge in [-0.3, -0.25) is 4.79 Å². The van der Waals surface area contributed by atoms with E-state index in [0.29, 0.717) is 11.0 Å². The molecule has 7 heteroatoms.